The number of nitrogen functional groups attached to an aromatic ring is 1. The maximum absolute atomic E-state index is 6.20. The smallest absolute Gasteiger partial charge is 0.146 e. The van der Waals surface area contributed by atoms with Crippen molar-refractivity contribution in [3.8, 4) is 5.75 Å². The molecule has 0 atom stereocenters. The number of anilines is 1. The fourth-order valence-electron chi connectivity index (χ4n) is 2.76. The molecule has 1 aliphatic rings. The summed E-state index contributed by atoms with van der Waals surface area (Å²) in [5.74, 6) is 0.835. The van der Waals surface area contributed by atoms with Gasteiger partial charge in [-0.25, -0.2) is 0 Å². The fraction of sp³-hybridized carbons (Fsp3) is 0.647. The van der Waals surface area contributed by atoms with Gasteiger partial charge in [0.05, 0.1) is 12.8 Å². The summed E-state index contributed by atoms with van der Waals surface area (Å²) in [4.78, 5) is 4.84. The van der Waals surface area contributed by atoms with E-state index in [9.17, 15) is 0 Å². The summed E-state index contributed by atoms with van der Waals surface area (Å²) in [5.41, 5.74) is 9.51. The molecule has 0 aliphatic carbocycles. The SMILES string of the molecule is COc1c(N)cc(C(C)(C)C)cc1CN1CCN(C)CC1. The number of piperazine rings is 1. The van der Waals surface area contributed by atoms with Gasteiger partial charge in [-0.05, 0) is 24.1 Å². The predicted octanol–water partition coefficient (Wildman–Crippen LogP) is 2.32. The first-order valence-electron chi connectivity index (χ1n) is 7.69. The third-order valence-electron chi connectivity index (χ3n) is 4.25. The van der Waals surface area contributed by atoms with Crippen molar-refractivity contribution in [2.45, 2.75) is 32.7 Å². The number of nitrogens with zero attached hydrogens (tertiary/aromatic N) is 2. The molecule has 118 valence electrons. The summed E-state index contributed by atoms with van der Waals surface area (Å²) in [6, 6.07) is 4.31. The lowest BCUT2D eigenvalue weighted by molar-refractivity contribution is 0.147. The van der Waals surface area contributed by atoms with Crippen molar-refractivity contribution < 1.29 is 4.74 Å². The molecule has 4 heteroatoms. The first kappa shape index (κ1) is 16.1. The van der Waals surface area contributed by atoms with Gasteiger partial charge >= 0.3 is 0 Å². The van der Waals surface area contributed by atoms with E-state index in [2.05, 4.69) is 43.7 Å². The Morgan fingerprint density at radius 3 is 2.29 bits per heavy atom. The van der Waals surface area contributed by atoms with Crippen molar-refractivity contribution in [2.24, 2.45) is 0 Å². The van der Waals surface area contributed by atoms with E-state index in [4.69, 9.17) is 10.5 Å². The van der Waals surface area contributed by atoms with Gasteiger partial charge in [0.25, 0.3) is 0 Å². The van der Waals surface area contributed by atoms with E-state index < -0.39 is 0 Å². The standard InChI is InChI=1S/C17H29N3O/c1-17(2,3)14-10-13(16(21-5)15(18)11-14)12-20-8-6-19(4)7-9-20/h10-11H,6-9,12,18H2,1-5H3. The Bertz CT molecular complexity index is 486. The van der Waals surface area contributed by atoms with Gasteiger partial charge < -0.3 is 15.4 Å². The van der Waals surface area contributed by atoms with Gasteiger partial charge in [0.15, 0.2) is 0 Å². The normalized spacial score (nSPS) is 18.0. The zero-order valence-corrected chi connectivity index (χ0v) is 14.1. The minimum Gasteiger partial charge on any atom is -0.494 e. The molecular formula is C17H29N3O. The number of hydrogen-bond donors (Lipinski definition) is 1. The van der Waals surface area contributed by atoms with E-state index in [1.807, 2.05) is 6.07 Å². The highest BCUT2D eigenvalue weighted by Crippen LogP contribution is 2.34. The van der Waals surface area contributed by atoms with Crippen LogP contribution in [0, 0.1) is 0 Å². The Balaban J connectivity index is 2.26. The number of nitrogens with two attached hydrogens (primary N) is 1. The molecule has 1 aliphatic heterocycles. The van der Waals surface area contributed by atoms with Crippen LogP contribution < -0.4 is 10.5 Å². The number of hydrogen-bond acceptors (Lipinski definition) is 4. The number of methoxy groups -OCH3 is 1. The molecule has 4 nitrogen and oxygen atoms in total. The fourth-order valence-corrected chi connectivity index (χ4v) is 2.76. The lowest BCUT2D eigenvalue weighted by atomic mass is 9.85. The molecule has 1 heterocycles. The third kappa shape index (κ3) is 3.89. The van der Waals surface area contributed by atoms with Crippen LogP contribution in [0.15, 0.2) is 12.1 Å². The van der Waals surface area contributed by atoms with Crippen LogP contribution in [0.1, 0.15) is 31.9 Å². The summed E-state index contributed by atoms with van der Waals surface area (Å²) in [7, 11) is 3.88. The Morgan fingerprint density at radius 1 is 1.14 bits per heavy atom. The molecule has 0 aromatic heterocycles. The maximum atomic E-state index is 6.20. The number of rotatable bonds is 3. The Hall–Kier alpha value is -1.26. The highest BCUT2D eigenvalue weighted by molar-refractivity contribution is 5.60. The van der Waals surface area contributed by atoms with Gasteiger partial charge in [0, 0.05) is 38.3 Å². The first-order chi connectivity index (χ1) is 9.81. The minimum absolute atomic E-state index is 0.0945. The maximum Gasteiger partial charge on any atom is 0.146 e. The van der Waals surface area contributed by atoms with Gasteiger partial charge in [0.1, 0.15) is 5.75 Å². The van der Waals surface area contributed by atoms with Crippen molar-refractivity contribution in [1.29, 1.82) is 0 Å². The Morgan fingerprint density at radius 2 is 1.76 bits per heavy atom. The van der Waals surface area contributed by atoms with E-state index in [-0.39, 0.29) is 5.41 Å². The average Bonchev–Trinajstić information content (AvgIpc) is 2.40. The number of benzene rings is 1. The van der Waals surface area contributed by atoms with Gasteiger partial charge in [-0.2, -0.15) is 0 Å². The van der Waals surface area contributed by atoms with Crippen LogP contribution in [0.3, 0.4) is 0 Å². The lowest BCUT2D eigenvalue weighted by Crippen LogP contribution is -2.43. The van der Waals surface area contributed by atoms with E-state index in [0.717, 1.165) is 44.2 Å². The minimum atomic E-state index is 0.0945. The molecule has 2 rings (SSSR count). The Labute approximate surface area is 128 Å². The van der Waals surface area contributed by atoms with Gasteiger partial charge in [0.2, 0.25) is 0 Å². The molecule has 1 aromatic carbocycles. The zero-order valence-electron chi connectivity index (χ0n) is 14.1. The molecule has 1 aromatic rings. The topological polar surface area (TPSA) is 41.7 Å². The van der Waals surface area contributed by atoms with Crippen molar-refractivity contribution in [3.05, 3.63) is 23.3 Å². The lowest BCUT2D eigenvalue weighted by Gasteiger charge is -2.33. The van der Waals surface area contributed by atoms with Crippen molar-refractivity contribution in [2.75, 3.05) is 46.1 Å². The Kier molecular flexibility index (Phi) is 4.79. The predicted molar refractivity (Wildman–Crippen MR) is 88.9 cm³/mol. The summed E-state index contributed by atoms with van der Waals surface area (Å²) >= 11 is 0. The van der Waals surface area contributed by atoms with Gasteiger partial charge in [-0.1, -0.05) is 26.8 Å². The summed E-state index contributed by atoms with van der Waals surface area (Å²) in [5, 5.41) is 0. The molecule has 0 radical (unpaired) electrons. The van der Waals surface area contributed by atoms with Crippen LogP contribution >= 0.6 is 0 Å². The van der Waals surface area contributed by atoms with E-state index in [1.54, 1.807) is 7.11 Å². The molecule has 21 heavy (non-hydrogen) atoms. The van der Waals surface area contributed by atoms with E-state index in [1.165, 1.54) is 11.1 Å². The molecule has 1 fully saturated rings. The second-order valence-corrected chi connectivity index (χ2v) is 7.09. The average molecular weight is 291 g/mol. The van der Waals surface area contributed by atoms with Crippen LogP contribution in [0.2, 0.25) is 0 Å². The van der Waals surface area contributed by atoms with Crippen molar-refractivity contribution >= 4 is 5.69 Å². The van der Waals surface area contributed by atoms with E-state index >= 15 is 0 Å². The van der Waals surface area contributed by atoms with Gasteiger partial charge in [-0.3, -0.25) is 4.90 Å². The largest absolute Gasteiger partial charge is 0.494 e. The van der Waals surface area contributed by atoms with Crippen LogP contribution in [0.4, 0.5) is 5.69 Å². The van der Waals surface area contributed by atoms with Crippen LogP contribution in [0.25, 0.3) is 0 Å². The number of likely N-dealkylation sites (N-methyl/N-ethyl adjacent to an activating group) is 1. The summed E-state index contributed by atoms with van der Waals surface area (Å²) in [6.07, 6.45) is 0. The molecule has 0 amide bonds. The van der Waals surface area contributed by atoms with Crippen molar-refractivity contribution in [1.82, 2.24) is 9.80 Å². The molecule has 2 N–H and O–H groups in total. The highest BCUT2D eigenvalue weighted by atomic mass is 16.5. The second-order valence-electron chi connectivity index (χ2n) is 7.09. The molecular weight excluding hydrogens is 262 g/mol. The van der Waals surface area contributed by atoms with Crippen LogP contribution in [0.5, 0.6) is 5.75 Å². The molecule has 0 bridgehead atoms. The quantitative estimate of drug-likeness (QED) is 0.868. The molecule has 1 saturated heterocycles. The zero-order chi connectivity index (χ0) is 15.6. The molecule has 0 saturated carbocycles. The molecule has 0 unspecified atom stereocenters. The van der Waals surface area contributed by atoms with E-state index in [0.29, 0.717) is 0 Å². The summed E-state index contributed by atoms with van der Waals surface area (Å²) in [6.45, 7) is 12.0. The molecule has 0 spiro atoms. The first-order valence-corrected chi connectivity index (χ1v) is 7.69. The second kappa shape index (κ2) is 6.24. The highest BCUT2D eigenvalue weighted by Gasteiger charge is 2.21. The monoisotopic (exact) mass is 291 g/mol. The van der Waals surface area contributed by atoms with Gasteiger partial charge in [-0.15, -0.1) is 0 Å². The number of ether oxygens (including phenoxy) is 1. The summed E-state index contributed by atoms with van der Waals surface area (Å²) < 4.78 is 5.54. The van der Waals surface area contributed by atoms with Crippen molar-refractivity contribution in [3.63, 3.8) is 0 Å². The van der Waals surface area contributed by atoms with Crippen LogP contribution in [-0.4, -0.2) is 50.1 Å². The van der Waals surface area contributed by atoms with Crippen LogP contribution in [-0.2, 0) is 12.0 Å². The third-order valence-corrected chi connectivity index (χ3v) is 4.25.